The maximum Gasteiger partial charge on any atom is 0.0224 e. The molecule has 2 heteroatoms. The van der Waals surface area contributed by atoms with Gasteiger partial charge in [0.25, 0.3) is 0 Å². The molecule has 14 heavy (non-hydrogen) atoms. The minimum Gasteiger partial charge on any atom is -0.298 e. The average Bonchev–Trinajstić information content (AvgIpc) is 2.64. The fraction of sp³-hybridized carbons (Fsp3) is 0.833. The van der Waals surface area contributed by atoms with E-state index in [1.807, 2.05) is 6.08 Å². The Hall–Kier alpha value is -0.340. The van der Waals surface area contributed by atoms with Crippen LogP contribution in [0, 0.1) is 0 Å². The first-order valence-electron chi connectivity index (χ1n) is 5.90. The Labute approximate surface area is 87.6 Å². The zero-order valence-corrected chi connectivity index (χ0v) is 9.28. The lowest BCUT2D eigenvalue weighted by molar-refractivity contribution is 0.0780. The van der Waals surface area contributed by atoms with Crippen LogP contribution >= 0.6 is 0 Å². The van der Waals surface area contributed by atoms with Crippen molar-refractivity contribution in [2.45, 2.75) is 38.3 Å². The Morgan fingerprint density at radius 1 is 1.43 bits per heavy atom. The first-order valence-corrected chi connectivity index (χ1v) is 5.90. The lowest BCUT2D eigenvalue weighted by Gasteiger charge is -2.40. The molecule has 0 amide bonds. The van der Waals surface area contributed by atoms with E-state index >= 15 is 0 Å². The number of hydrogen-bond donors (Lipinski definition) is 0. The van der Waals surface area contributed by atoms with E-state index in [4.69, 9.17) is 0 Å². The molecule has 0 N–H and O–H groups in total. The van der Waals surface area contributed by atoms with Crippen molar-refractivity contribution in [1.29, 1.82) is 0 Å². The van der Waals surface area contributed by atoms with E-state index in [2.05, 4.69) is 23.3 Å². The summed E-state index contributed by atoms with van der Waals surface area (Å²) >= 11 is 0. The van der Waals surface area contributed by atoms with Gasteiger partial charge in [-0.25, -0.2) is 0 Å². The number of nitrogens with zero attached hydrogens (tertiary/aromatic N) is 2. The topological polar surface area (TPSA) is 6.48 Å². The van der Waals surface area contributed by atoms with Crippen LogP contribution in [0.3, 0.4) is 0 Å². The van der Waals surface area contributed by atoms with Crippen LogP contribution in [0.4, 0.5) is 0 Å². The predicted octanol–water partition coefficient (Wildman–Crippen LogP) is 1.73. The Balaban J connectivity index is 1.87. The highest BCUT2D eigenvalue weighted by molar-refractivity contribution is 4.89. The second-order valence-corrected chi connectivity index (χ2v) is 4.70. The first kappa shape index (κ1) is 10.2. The first-order chi connectivity index (χ1) is 6.81. The van der Waals surface area contributed by atoms with Gasteiger partial charge in [0.15, 0.2) is 0 Å². The van der Waals surface area contributed by atoms with Gasteiger partial charge < -0.3 is 0 Å². The summed E-state index contributed by atoms with van der Waals surface area (Å²) in [6, 6.07) is 1.55. The van der Waals surface area contributed by atoms with Gasteiger partial charge in [-0.05, 0) is 32.7 Å². The molecular formula is C12H22N2. The third-order valence-electron chi connectivity index (χ3n) is 3.75. The van der Waals surface area contributed by atoms with Crippen LogP contribution in [0.1, 0.15) is 26.2 Å². The van der Waals surface area contributed by atoms with Crippen molar-refractivity contribution in [2.75, 3.05) is 26.2 Å². The van der Waals surface area contributed by atoms with Gasteiger partial charge in [0, 0.05) is 31.7 Å². The van der Waals surface area contributed by atoms with Gasteiger partial charge >= 0.3 is 0 Å². The van der Waals surface area contributed by atoms with Crippen LogP contribution in [-0.4, -0.2) is 48.1 Å². The zero-order valence-electron chi connectivity index (χ0n) is 9.28. The average molecular weight is 194 g/mol. The fourth-order valence-corrected chi connectivity index (χ4v) is 2.81. The molecule has 0 bridgehead atoms. The Morgan fingerprint density at radius 3 is 3.07 bits per heavy atom. The van der Waals surface area contributed by atoms with Crippen molar-refractivity contribution in [3.05, 3.63) is 12.7 Å². The third kappa shape index (κ3) is 2.01. The molecule has 2 nitrogen and oxygen atoms in total. The normalized spacial score (nSPS) is 31.4. The van der Waals surface area contributed by atoms with Gasteiger partial charge in [0.2, 0.25) is 0 Å². The summed E-state index contributed by atoms with van der Waals surface area (Å²) in [4.78, 5) is 5.30. The van der Waals surface area contributed by atoms with Gasteiger partial charge in [-0.2, -0.15) is 0 Å². The molecule has 0 aromatic heterocycles. The van der Waals surface area contributed by atoms with Crippen LogP contribution in [0.5, 0.6) is 0 Å². The molecule has 2 fully saturated rings. The SMILES string of the molecule is C=CCC(C)N1CCN2CCCC2C1. The van der Waals surface area contributed by atoms with Crippen LogP contribution in [0.2, 0.25) is 0 Å². The van der Waals surface area contributed by atoms with Gasteiger partial charge in [0.05, 0.1) is 0 Å². The highest BCUT2D eigenvalue weighted by Gasteiger charge is 2.31. The molecular weight excluding hydrogens is 172 g/mol. The van der Waals surface area contributed by atoms with Crippen molar-refractivity contribution in [2.24, 2.45) is 0 Å². The lowest BCUT2D eigenvalue weighted by Crippen LogP contribution is -2.52. The summed E-state index contributed by atoms with van der Waals surface area (Å²) in [5.74, 6) is 0. The van der Waals surface area contributed by atoms with Gasteiger partial charge in [0.1, 0.15) is 0 Å². The standard InChI is InChI=1S/C12H22N2/c1-3-5-11(2)14-9-8-13-7-4-6-12(13)10-14/h3,11-12H,1,4-10H2,2H3. The lowest BCUT2D eigenvalue weighted by atomic mass is 10.1. The summed E-state index contributed by atoms with van der Waals surface area (Å²) in [6.07, 6.45) is 6.00. The smallest absolute Gasteiger partial charge is 0.0224 e. The summed E-state index contributed by atoms with van der Waals surface area (Å²) in [6.45, 7) is 11.3. The molecule has 80 valence electrons. The molecule has 2 aliphatic rings. The van der Waals surface area contributed by atoms with E-state index < -0.39 is 0 Å². The van der Waals surface area contributed by atoms with Crippen molar-refractivity contribution >= 4 is 0 Å². The number of piperazine rings is 1. The predicted molar refractivity (Wildman–Crippen MR) is 60.4 cm³/mol. The van der Waals surface area contributed by atoms with Crippen molar-refractivity contribution in [3.63, 3.8) is 0 Å². The molecule has 2 aliphatic heterocycles. The van der Waals surface area contributed by atoms with Gasteiger partial charge in [-0.15, -0.1) is 6.58 Å². The Kier molecular flexibility index (Phi) is 3.24. The highest BCUT2D eigenvalue weighted by atomic mass is 15.3. The maximum absolute atomic E-state index is 3.82. The number of rotatable bonds is 3. The van der Waals surface area contributed by atoms with Gasteiger partial charge in [-0.3, -0.25) is 9.80 Å². The molecule has 2 heterocycles. The summed E-state index contributed by atoms with van der Waals surface area (Å²) in [5.41, 5.74) is 0. The van der Waals surface area contributed by atoms with E-state index in [0.29, 0.717) is 6.04 Å². The van der Waals surface area contributed by atoms with Crippen molar-refractivity contribution in [3.8, 4) is 0 Å². The molecule has 2 atom stereocenters. The van der Waals surface area contributed by atoms with Crippen molar-refractivity contribution < 1.29 is 0 Å². The molecule has 0 radical (unpaired) electrons. The van der Waals surface area contributed by atoms with Gasteiger partial charge in [-0.1, -0.05) is 6.08 Å². The summed E-state index contributed by atoms with van der Waals surface area (Å²) in [5, 5.41) is 0. The molecule has 0 aromatic rings. The highest BCUT2D eigenvalue weighted by Crippen LogP contribution is 2.23. The minimum atomic E-state index is 0.690. The van der Waals surface area contributed by atoms with E-state index in [1.54, 1.807) is 0 Å². The monoisotopic (exact) mass is 194 g/mol. The fourth-order valence-electron chi connectivity index (χ4n) is 2.81. The zero-order chi connectivity index (χ0) is 9.97. The second-order valence-electron chi connectivity index (χ2n) is 4.70. The third-order valence-corrected chi connectivity index (χ3v) is 3.75. The molecule has 0 aliphatic carbocycles. The molecule has 2 saturated heterocycles. The number of fused-ring (bicyclic) bond motifs is 1. The molecule has 0 saturated carbocycles. The second kappa shape index (κ2) is 4.45. The van der Waals surface area contributed by atoms with E-state index in [-0.39, 0.29) is 0 Å². The Bertz CT molecular complexity index is 202. The van der Waals surface area contributed by atoms with Crippen molar-refractivity contribution in [1.82, 2.24) is 9.80 Å². The van der Waals surface area contributed by atoms with Crippen LogP contribution in [0.15, 0.2) is 12.7 Å². The molecule has 0 spiro atoms. The number of hydrogen-bond acceptors (Lipinski definition) is 2. The van der Waals surface area contributed by atoms with E-state index in [1.165, 1.54) is 39.0 Å². The molecule has 2 unspecified atom stereocenters. The molecule has 0 aromatic carbocycles. The Morgan fingerprint density at radius 2 is 2.29 bits per heavy atom. The van der Waals surface area contributed by atoms with Crippen LogP contribution in [-0.2, 0) is 0 Å². The van der Waals surface area contributed by atoms with Crippen LogP contribution < -0.4 is 0 Å². The van der Waals surface area contributed by atoms with E-state index in [0.717, 1.165) is 12.5 Å². The quantitative estimate of drug-likeness (QED) is 0.631. The largest absolute Gasteiger partial charge is 0.298 e. The summed E-state index contributed by atoms with van der Waals surface area (Å²) < 4.78 is 0. The van der Waals surface area contributed by atoms with E-state index in [9.17, 15) is 0 Å². The summed E-state index contributed by atoms with van der Waals surface area (Å²) in [7, 11) is 0. The minimum absolute atomic E-state index is 0.690. The maximum atomic E-state index is 3.82. The van der Waals surface area contributed by atoms with Crippen LogP contribution in [0.25, 0.3) is 0 Å². The molecule has 2 rings (SSSR count).